The lowest BCUT2D eigenvalue weighted by atomic mass is 10.0. The normalized spacial score (nSPS) is 16.0. The van der Waals surface area contributed by atoms with Crippen LogP contribution in [0.2, 0.25) is 0 Å². The van der Waals surface area contributed by atoms with Crippen LogP contribution >= 0.6 is 0 Å². The standard InChI is InChI=1S/C22H26N2O3/c1-27-22(26)9-5-17-4-7-20-19(15-17)6-8-21(20)24(13-14-25)12-10-18-3-2-11-23-16-18/h2-5,7,9,11,15-16,21,25H,6,8,10,12-14H2,1H3. The third-order valence-corrected chi connectivity index (χ3v) is 5.06. The van der Waals surface area contributed by atoms with Crippen molar-refractivity contribution in [2.24, 2.45) is 0 Å². The molecule has 5 nitrogen and oxygen atoms in total. The maximum atomic E-state index is 11.3. The largest absolute Gasteiger partial charge is 0.466 e. The lowest BCUT2D eigenvalue weighted by Gasteiger charge is -2.29. The number of carbonyl (C=O) groups excluding carboxylic acids is 1. The number of hydrogen-bond acceptors (Lipinski definition) is 5. The average molecular weight is 366 g/mol. The average Bonchev–Trinajstić information content (AvgIpc) is 3.13. The minimum absolute atomic E-state index is 0.152. The highest BCUT2D eigenvalue weighted by Crippen LogP contribution is 2.36. The van der Waals surface area contributed by atoms with Gasteiger partial charge in [-0.05, 0) is 53.7 Å². The Morgan fingerprint density at radius 2 is 2.26 bits per heavy atom. The molecule has 1 aromatic carbocycles. The number of rotatable bonds is 8. The van der Waals surface area contributed by atoms with Crippen molar-refractivity contribution in [3.05, 3.63) is 71.1 Å². The fourth-order valence-corrected chi connectivity index (χ4v) is 3.70. The Kier molecular flexibility index (Phi) is 6.74. The number of methoxy groups -OCH3 is 1. The third kappa shape index (κ3) is 5.02. The summed E-state index contributed by atoms with van der Waals surface area (Å²) in [6.07, 6.45) is 9.89. The third-order valence-electron chi connectivity index (χ3n) is 5.06. The van der Waals surface area contributed by atoms with E-state index in [1.54, 1.807) is 12.3 Å². The number of aromatic nitrogens is 1. The first-order valence-electron chi connectivity index (χ1n) is 9.34. The predicted molar refractivity (Wildman–Crippen MR) is 105 cm³/mol. The van der Waals surface area contributed by atoms with Gasteiger partial charge in [0.15, 0.2) is 0 Å². The van der Waals surface area contributed by atoms with Gasteiger partial charge in [0.05, 0.1) is 13.7 Å². The molecular weight excluding hydrogens is 340 g/mol. The summed E-state index contributed by atoms with van der Waals surface area (Å²) in [5.41, 5.74) is 4.85. The van der Waals surface area contributed by atoms with Crippen molar-refractivity contribution in [3.8, 4) is 0 Å². The number of ether oxygens (including phenoxy) is 1. The lowest BCUT2D eigenvalue weighted by molar-refractivity contribution is -0.134. The molecule has 1 aliphatic carbocycles. The fourth-order valence-electron chi connectivity index (χ4n) is 3.70. The second-order valence-corrected chi connectivity index (χ2v) is 6.74. The van der Waals surface area contributed by atoms with E-state index < -0.39 is 0 Å². The van der Waals surface area contributed by atoms with E-state index >= 15 is 0 Å². The van der Waals surface area contributed by atoms with Crippen molar-refractivity contribution in [1.29, 1.82) is 0 Å². The summed E-state index contributed by atoms with van der Waals surface area (Å²) in [7, 11) is 1.38. The molecule has 1 aliphatic rings. The molecule has 1 N–H and O–H groups in total. The first-order valence-corrected chi connectivity index (χ1v) is 9.34. The van der Waals surface area contributed by atoms with Gasteiger partial charge in [0.1, 0.15) is 0 Å². The molecule has 2 aromatic rings. The van der Waals surface area contributed by atoms with Gasteiger partial charge in [0, 0.05) is 37.6 Å². The Hall–Kier alpha value is -2.50. The summed E-state index contributed by atoms with van der Waals surface area (Å²) in [6, 6.07) is 10.7. The van der Waals surface area contributed by atoms with Gasteiger partial charge in [-0.2, -0.15) is 0 Å². The van der Waals surface area contributed by atoms with E-state index in [2.05, 4.69) is 32.8 Å². The van der Waals surface area contributed by atoms with Crippen LogP contribution in [-0.4, -0.2) is 47.8 Å². The van der Waals surface area contributed by atoms with E-state index in [1.165, 1.54) is 29.9 Å². The number of carbonyl (C=O) groups is 1. The molecule has 5 heteroatoms. The van der Waals surface area contributed by atoms with Crippen LogP contribution in [0.15, 0.2) is 48.8 Å². The van der Waals surface area contributed by atoms with Gasteiger partial charge >= 0.3 is 5.97 Å². The highest BCUT2D eigenvalue weighted by molar-refractivity contribution is 5.86. The van der Waals surface area contributed by atoms with E-state index in [-0.39, 0.29) is 12.6 Å². The second-order valence-electron chi connectivity index (χ2n) is 6.74. The van der Waals surface area contributed by atoms with Gasteiger partial charge in [-0.1, -0.05) is 24.3 Å². The molecule has 1 aromatic heterocycles. The number of pyridine rings is 1. The molecule has 142 valence electrons. The topological polar surface area (TPSA) is 62.7 Å². The van der Waals surface area contributed by atoms with Crippen LogP contribution in [0.1, 0.15) is 34.7 Å². The number of aliphatic hydroxyl groups excluding tert-OH is 1. The zero-order valence-electron chi connectivity index (χ0n) is 15.7. The van der Waals surface area contributed by atoms with Crippen molar-refractivity contribution in [1.82, 2.24) is 9.88 Å². The molecule has 0 aliphatic heterocycles. The number of fused-ring (bicyclic) bond motifs is 1. The quantitative estimate of drug-likeness (QED) is 0.575. The van der Waals surface area contributed by atoms with E-state index in [0.717, 1.165) is 31.4 Å². The smallest absolute Gasteiger partial charge is 0.330 e. The molecule has 0 saturated heterocycles. The predicted octanol–water partition coefficient (Wildman–Crippen LogP) is 2.79. The molecule has 1 heterocycles. The summed E-state index contributed by atoms with van der Waals surface area (Å²) in [4.78, 5) is 17.8. The van der Waals surface area contributed by atoms with Crippen LogP contribution < -0.4 is 0 Å². The molecular formula is C22H26N2O3. The molecule has 1 atom stereocenters. The molecule has 0 bridgehead atoms. The van der Waals surface area contributed by atoms with E-state index in [1.807, 2.05) is 18.3 Å². The number of nitrogens with zero attached hydrogens (tertiary/aromatic N) is 2. The van der Waals surface area contributed by atoms with Gasteiger partial charge < -0.3 is 9.84 Å². The van der Waals surface area contributed by atoms with E-state index in [9.17, 15) is 9.90 Å². The first kappa shape index (κ1) is 19.3. The molecule has 0 amide bonds. The molecule has 3 rings (SSSR count). The van der Waals surface area contributed by atoms with Crippen LogP contribution in [0.4, 0.5) is 0 Å². The number of hydrogen-bond donors (Lipinski definition) is 1. The van der Waals surface area contributed by atoms with E-state index in [4.69, 9.17) is 0 Å². The van der Waals surface area contributed by atoms with Gasteiger partial charge in [0.25, 0.3) is 0 Å². The molecule has 1 unspecified atom stereocenters. The summed E-state index contributed by atoms with van der Waals surface area (Å²) in [6.45, 7) is 1.70. The number of benzene rings is 1. The number of aliphatic hydroxyl groups is 1. The maximum absolute atomic E-state index is 11.3. The van der Waals surface area contributed by atoms with Crippen LogP contribution in [0.25, 0.3) is 6.08 Å². The van der Waals surface area contributed by atoms with Gasteiger partial charge in [0.2, 0.25) is 0 Å². The summed E-state index contributed by atoms with van der Waals surface area (Å²) < 4.78 is 4.64. The SMILES string of the molecule is COC(=O)C=Cc1ccc2c(c1)CCC2N(CCO)CCc1cccnc1. The van der Waals surface area contributed by atoms with Crippen molar-refractivity contribution >= 4 is 12.0 Å². The highest BCUT2D eigenvalue weighted by atomic mass is 16.5. The van der Waals surface area contributed by atoms with Crippen molar-refractivity contribution in [2.75, 3.05) is 26.8 Å². The molecule has 27 heavy (non-hydrogen) atoms. The van der Waals surface area contributed by atoms with Crippen molar-refractivity contribution < 1.29 is 14.6 Å². The fraction of sp³-hybridized carbons (Fsp3) is 0.364. The Morgan fingerprint density at radius 3 is 3.00 bits per heavy atom. The van der Waals surface area contributed by atoms with Crippen LogP contribution in [0.5, 0.6) is 0 Å². The highest BCUT2D eigenvalue weighted by Gasteiger charge is 2.27. The lowest BCUT2D eigenvalue weighted by Crippen LogP contribution is -2.32. The van der Waals surface area contributed by atoms with Gasteiger partial charge in [-0.3, -0.25) is 9.88 Å². The van der Waals surface area contributed by atoms with Crippen molar-refractivity contribution in [2.45, 2.75) is 25.3 Å². The summed E-state index contributed by atoms with van der Waals surface area (Å²) in [5, 5.41) is 9.52. The Balaban J connectivity index is 1.71. The maximum Gasteiger partial charge on any atom is 0.330 e. The number of aryl methyl sites for hydroxylation is 1. The summed E-state index contributed by atoms with van der Waals surface area (Å²) in [5.74, 6) is -0.349. The van der Waals surface area contributed by atoms with Gasteiger partial charge in [-0.25, -0.2) is 4.79 Å². The molecule has 0 saturated carbocycles. The summed E-state index contributed by atoms with van der Waals surface area (Å²) >= 11 is 0. The van der Waals surface area contributed by atoms with E-state index in [0.29, 0.717) is 12.6 Å². The molecule has 0 radical (unpaired) electrons. The Morgan fingerprint density at radius 1 is 1.37 bits per heavy atom. The van der Waals surface area contributed by atoms with Crippen molar-refractivity contribution in [3.63, 3.8) is 0 Å². The minimum atomic E-state index is -0.349. The zero-order valence-corrected chi connectivity index (χ0v) is 15.7. The van der Waals surface area contributed by atoms with Crippen LogP contribution in [0.3, 0.4) is 0 Å². The molecule has 0 spiro atoms. The van der Waals surface area contributed by atoms with Crippen LogP contribution in [-0.2, 0) is 22.4 Å². The Bertz CT molecular complexity index is 789. The number of esters is 1. The second kappa shape index (κ2) is 9.44. The van der Waals surface area contributed by atoms with Gasteiger partial charge in [-0.15, -0.1) is 0 Å². The van der Waals surface area contributed by atoms with Crippen LogP contribution in [0, 0.1) is 0 Å². The minimum Gasteiger partial charge on any atom is -0.466 e. The molecule has 0 fully saturated rings. The monoisotopic (exact) mass is 366 g/mol. The Labute approximate surface area is 160 Å². The first-order chi connectivity index (χ1) is 13.2. The zero-order chi connectivity index (χ0) is 19.1.